The van der Waals surface area contributed by atoms with Crippen LogP contribution in [0.15, 0.2) is 33.5 Å². The van der Waals surface area contributed by atoms with Gasteiger partial charge in [-0.2, -0.15) is 0 Å². The molecule has 0 saturated heterocycles. The first-order valence-electron chi connectivity index (χ1n) is 6.27. The number of hydrogen-bond donors (Lipinski definition) is 1. The molecule has 1 aromatic heterocycles. The Hall–Kier alpha value is -1.52. The molecule has 1 heterocycles. The minimum Gasteiger partial charge on any atom is -0.493 e. The third-order valence-electron chi connectivity index (χ3n) is 2.77. The Balaban J connectivity index is 2.16. The van der Waals surface area contributed by atoms with Crippen molar-refractivity contribution >= 4 is 22.6 Å². The molecule has 2 N–H and O–H groups in total. The van der Waals surface area contributed by atoms with Gasteiger partial charge in [0.25, 0.3) is 0 Å². The van der Waals surface area contributed by atoms with E-state index in [1.54, 1.807) is 18.2 Å². The van der Waals surface area contributed by atoms with Gasteiger partial charge in [0.05, 0.1) is 18.1 Å². The molecule has 0 bridgehead atoms. The first kappa shape index (κ1) is 13.9. The number of unbranched alkanes of at least 4 members (excludes halogenated alkanes) is 2. The van der Waals surface area contributed by atoms with Gasteiger partial charge < -0.3 is 14.9 Å². The molecule has 0 aliphatic rings. The fraction of sp³-hybridized carbons (Fsp3) is 0.357. The molecule has 2 rings (SSSR count). The van der Waals surface area contributed by atoms with Crippen molar-refractivity contribution in [2.45, 2.75) is 19.3 Å². The molecule has 0 spiro atoms. The summed E-state index contributed by atoms with van der Waals surface area (Å²) in [5, 5.41) is 1.29. The summed E-state index contributed by atoms with van der Waals surface area (Å²) in [6, 6.07) is 6.43. The molecule has 0 unspecified atom stereocenters. The number of nitrogens with two attached hydrogens (primary N) is 1. The van der Waals surface area contributed by atoms with Gasteiger partial charge in [0.15, 0.2) is 0 Å². The highest BCUT2D eigenvalue weighted by atomic mass is 35.5. The van der Waals surface area contributed by atoms with Gasteiger partial charge in [-0.15, -0.1) is 0 Å². The zero-order valence-electron chi connectivity index (χ0n) is 10.5. The Labute approximate surface area is 116 Å². The minimum atomic E-state index is -0.424. The second-order valence-corrected chi connectivity index (χ2v) is 4.70. The van der Waals surface area contributed by atoms with Gasteiger partial charge in [-0.25, -0.2) is 4.79 Å². The predicted molar refractivity (Wildman–Crippen MR) is 75.9 cm³/mol. The van der Waals surface area contributed by atoms with Crippen LogP contribution in [0.2, 0.25) is 5.02 Å². The van der Waals surface area contributed by atoms with E-state index < -0.39 is 5.63 Å². The number of benzene rings is 1. The zero-order chi connectivity index (χ0) is 13.7. The van der Waals surface area contributed by atoms with Crippen molar-refractivity contribution in [3.05, 3.63) is 39.7 Å². The summed E-state index contributed by atoms with van der Waals surface area (Å²) in [6.07, 6.45) is 2.89. The average molecular weight is 282 g/mol. The highest BCUT2D eigenvalue weighted by molar-refractivity contribution is 6.31. The lowest BCUT2D eigenvalue weighted by atomic mass is 10.2. The lowest BCUT2D eigenvalue weighted by molar-refractivity contribution is 0.306. The summed E-state index contributed by atoms with van der Waals surface area (Å²) in [6.45, 7) is 1.23. The Morgan fingerprint density at radius 2 is 2.05 bits per heavy atom. The van der Waals surface area contributed by atoms with Gasteiger partial charge in [0, 0.05) is 5.02 Å². The largest absolute Gasteiger partial charge is 0.493 e. The van der Waals surface area contributed by atoms with E-state index in [1.165, 1.54) is 6.07 Å². The van der Waals surface area contributed by atoms with Crippen LogP contribution in [-0.2, 0) is 0 Å². The van der Waals surface area contributed by atoms with Gasteiger partial charge in [0.2, 0.25) is 0 Å². The van der Waals surface area contributed by atoms with Gasteiger partial charge in [-0.1, -0.05) is 11.6 Å². The number of hydrogen-bond acceptors (Lipinski definition) is 4. The molecule has 0 amide bonds. The molecule has 1 aromatic carbocycles. The zero-order valence-corrected chi connectivity index (χ0v) is 11.3. The molecule has 0 saturated carbocycles. The van der Waals surface area contributed by atoms with Gasteiger partial charge in [-0.3, -0.25) is 0 Å². The SMILES string of the molecule is NCCCCCOc1cc(=O)oc2ccc(Cl)cc12. The van der Waals surface area contributed by atoms with Crippen molar-refractivity contribution < 1.29 is 9.15 Å². The van der Waals surface area contributed by atoms with Gasteiger partial charge >= 0.3 is 5.63 Å². The molecule has 0 fully saturated rings. The van der Waals surface area contributed by atoms with Crippen LogP contribution in [0.4, 0.5) is 0 Å². The van der Waals surface area contributed by atoms with E-state index in [9.17, 15) is 4.79 Å². The molecule has 19 heavy (non-hydrogen) atoms. The minimum absolute atomic E-state index is 0.424. The van der Waals surface area contributed by atoms with E-state index in [1.807, 2.05) is 0 Å². The van der Waals surface area contributed by atoms with E-state index in [0.29, 0.717) is 34.9 Å². The molecule has 0 aliphatic carbocycles. The maximum absolute atomic E-state index is 11.4. The van der Waals surface area contributed by atoms with Crippen LogP contribution in [0.5, 0.6) is 5.75 Å². The lowest BCUT2D eigenvalue weighted by Crippen LogP contribution is -2.04. The summed E-state index contributed by atoms with van der Waals surface area (Å²) in [4.78, 5) is 11.4. The first-order chi connectivity index (χ1) is 9.20. The van der Waals surface area contributed by atoms with E-state index >= 15 is 0 Å². The van der Waals surface area contributed by atoms with Crippen LogP contribution < -0.4 is 16.1 Å². The maximum atomic E-state index is 11.4. The van der Waals surface area contributed by atoms with Crippen molar-refractivity contribution in [3.8, 4) is 5.75 Å². The monoisotopic (exact) mass is 281 g/mol. The van der Waals surface area contributed by atoms with Crippen LogP contribution >= 0.6 is 11.6 Å². The molecular weight excluding hydrogens is 266 g/mol. The maximum Gasteiger partial charge on any atom is 0.339 e. The highest BCUT2D eigenvalue weighted by Crippen LogP contribution is 2.26. The van der Waals surface area contributed by atoms with E-state index in [4.69, 9.17) is 26.5 Å². The standard InChI is InChI=1S/C14H16ClNO3/c15-10-4-5-12-11(8-10)13(9-14(17)19-12)18-7-3-1-2-6-16/h4-5,8-9H,1-3,6-7,16H2. The number of fused-ring (bicyclic) bond motifs is 1. The van der Waals surface area contributed by atoms with E-state index in [2.05, 4.69) is 0 Å². The normalized spacial score (nSPS) is 10.8. The van der Waals surface area contributed by atoms with Crippen LogP contribution in [0, 0.1) is 0 Å². The Morgan fingerprint density at radius 3 is 2.84 bits per heavy atom. The van der Waals surface area contributed by atoms with E-state index in [-0.39, 0.29) is 0 Å². The van der Waals surface area contributed by atoms with Gasteiger partial charge in [-0.05, 0) is 44.0 Å². The average Bonchev–Trinajstić information content (AvgIpc) is 2.39. The summed E-state index contributed by atoms with van der Waals surface area (Å²) in [5.41, 5.74) is 5.48. The number of halogens is 1. The van der Waals surface area contributed by atoms with Crippen LogP contribution in [-0.4, -0.2) is 13.2 Å². The smallest absolute Gasteiger partial charge is 0.339 e. The van der Waals surface area contributed by atoms with Crippen molar-refractivity contribution in [2.75, 3.05) is 13.2 Å². The molecule has 4 nitrogen and oxygen atoms in total. The predicted octanol–water partition coefficient (Wildman–Crippen LogP) is 2.95. The fourth-order valence-corrected chi connectivity index (χ4v) is 2.00. The molecule has 0 radical (unpaired) electrons. The fourth-order valence-electron chi connectivity index (χ4n) is 1.83. The summed E-state index contributed by atoms with van der Waals surface area (Å²) in [5.74, 6) is 0.515. The third kappa shape index (κ3) is 3.72. The highest BCUT2D eigenvalue weighted by Gasteiger charge is 2.07. The molecule has 5 heteroatoms. The van der Waals surface area contributed by atoms with Crippen LogP contribution in [0.25, 0.3) is 11.0 Å². The van der Waals surface area contributed by atoms with E-state index in [0.717, 1.165) is 19.3 Å². The van der Waals surface area contributed by atoms with Crippen LogP contribution in [0.1, 0.15) is 19.3 Å². The van der Waals surface area contributed by atoms with Crippen LogP contribution in [0.3, 0.4) is 0 Å². The second-order valence-electron chi connectivity index (χ2n) is 4.27. The number of ether oxygens (including phenoxy) is 1. The second kappa shape index (κ2) is 6.59. The summed E-state index contributed by atoms with van der Waals surface area (Å²) < 4.78 is 10.7. The first-order valence-corrected chi connectivity index (χ1v) is 6.65. The molecular formula is C14H16ClNO3. The lowest BCUT2D eigenvalue weighted by Gasteiger charge is -2.08. The van der Waals surface area contributed by atoms with Crippen molar-refractivity contribution in [2.24, 2.45) is 5.73 Å². The Bertz CT molecular complexity index is 609. The Morgan fingerprint density at radius 1 is 1.21 bits per heavy atom. The van der Waals surface area contributed by atoms with Crippen molar-refractivity contribution in [1.29, 1.82) is 0 Å². The molecule has 0 atom stereocenters. The van der Waals surface area contributed by atoms with Crippen molar-refractivity contribution in [3.63, 3.8) is 0 Å². The Kier molecular flexibility index (Phi) is 4.82. The molecule has 102 valence electrons. The van der Waals surface area contributed by atoms with Crippen molar-refractivity contribution in [1.82, 2.24) is 0 Å². The third-order valence-corrected chi connectivity index (χ3v) is 3.01. The quantitative estimate of drug-likeness (QED) is 0.653. The molecule has 0 aliphatic heterocycles. The topological polar surface area (TPSA) is 65.5 Å². The summed E-state index contributed by atoms with van der Waals surface area (Å²) >= 11 is 5.94. The van der Waals surface area contributed by atoms with Gasteiger partial charge in [0.1, 0.15) is 11.3 Å². The number of rotatable bonds is 6. The molecule has 2 aromatic rings. The summed E-state index contributed by atoms with van der Waals surface area (Å²) in [7, 11) is 0.